The van der Waals surface area contributed by atoms with Crippen molar-refractivity contribution in [2.75, 3.05) is 60.3 Å². The zero-order valence-corrected chi connectivity index (χ0v) is 20.1. The average molecular weight is 510 g/mol. The molecular weight excluding hydrogens is 487 g/mol. The van der Waals surface area contributed by atoms with Gasteiger partial charge in [-0.05, 0) is 42.5 Å². The third-order valence-electron chi connectivity index (χ3n) is 5.09. The van der Waals surface area contributed by atoms with Crippen molar-refractivity contribution in [1.29, 1.82) is 0 Å². The van der Waals surface area contributed by atoms with E-state index in [9.17, 15) is 8.78 Å². The van der Waals surface area contributed by atoms with Crippen LogP contribution in [0.5, 0.6) is 5.75 Å². The summed E-state index contributed by atoms with van der Waals surface area (Å²) < 4.78 is 30.0. The number of nitrogens with zero attached hydrogens (tertiary/aromatic N) is 6. The topological polar surface area (TPSA) is 69.7 Å². The maximum absolute atomic E-state index is 12.8. The number of ether oxygens (including phenoxy) is 1. The highest BCUT2D eigenvalue weighted by atomic mass is 35.5. The molecule has 8 nitrogen and oxygen atoms in total. The molecule has 0 bridgehead atoms. The Morgan fingerprint density at radius 2 is 1.65 bits per heavy atom. The fourth-order valence-electron chi connectivity index (χ4n) is 3.46. The summed E-state index contributed by atoms with van der Waals surface area (Å²) in [6.45, 7) is 3.03. The lowest BCUT2D eigenvalue weighted by Gasteiger charge is -2.36. The van der Waals surface area contributed by atoms with E-state index in [4.69, 9.17) is 23.2 Å². The predicted molar refractivity (Wildman–Crippen MR) is 131 cm³/mol. The Kier molecular flexibility index (Phi) is 7.08. The van der Waals surface area contributed by atoms with E-state index in [2.05, 4.69) is 34.8 Å². The highest BCUT2D eigenvalue weighted by molar-refractivity contribution is 6.30. The summed E-state index contributed by atoms with van der Waals surface area (Å²) in [6.07, 6.45) is 0. The Morgan fingerprint density at radius 3 is 2.26 bits per heavy atom. The number of hydrogen-bond donors (Lipinski definition) is 1. The van der Waals surface area contributed by atoms with Crippen LogP contribution in [0.3, 0.4) is 0 Å². The van der Waals surface area contributed by atoms with Gasteiger partial charge in [0.25, 0.3) is 0 Å². The number of rotatable bonds is 7. The molecule has 2 heterocycles. The van der Waals surface area contributed by atoms with Gasteiger partial charge in [0.2, 0.25) is 17.8 Å². The van der Waals surface area contributed by atoms with Crippen molar-refractivity contribution in [3.05, 3.63) is 53.6 Å². The first kappa shape index (κ1) is 24.0. The molecule has 0 saturated carbocycles. The Morgan fingerprint density at radius 1 is 0.971 bits per heavy atom. The molecule has 0 aliphatic carbocycles. The summed E-state index contributed by atoms with van der Waals surface area (Å²) in [6, 6.07) is 13.7. The van der Waals surface area contributed by atoms with Gasteiger partial charge in [-0.15, -0.1) is 8.78 Å². The molecule has 0 spiro atoms. The third-order valence-corrected chi connectivity index (χ3v) is 5.40. The van der Waals surface area contributed by atoms with Crippen LogP contribution in [0.4, 0.5) is 38.0 Å². The average Bonchev–Trinajstić information content (AvgIpc) is 2.79. The highest BCUT2D eigenvalue weighted by Gasteiger charge is 2.27. The van der Waals surface area contributed by atoms with Crippen LogP contribution in [0.1, 0.15) is 0 Å². The Balaban J connectivity index is 1.48. The van der Waals surface area contributed by atoms with E-state index < -0.39 is 5.57 Å². The van der Waals surface area contributed by atoms with Gasteiger partial charge in [0.15, 0.2) is 0 Å². The molecule has 0 amide bonds. The number of hydrogen-bond acceptors (Lipinski definition) is 8. The molecule has 1 saturated heterocycles. The van der Waals surface area contributed by atoms with Gasteiger partial charge in [0, 0.05) is 68.3 Å². The summed E-state index contributed by atoms with van der Waals surface area (Å²) in [5.41, 5.74) is -2.09. The zero-order valence-electron chi connectivity index (χ0n) is 18.6. The minimum absolute atomic E-state index is 0.0616. The van der Waals surface area contributed by atoms with E-state index in [1.165, 1.54) is 12.1 Å². The van der Waals surface area contributed by atoms with Crippen LogP contribution in [0.15, 0.2) is 48.5 Å². The number of nitrogens with one attached hydrogen (secondary N) is 1. The molecule has 2 aromatic carbocycles. The lowest BCUT2D eigenvalue weighted by molar-refractivity contribution is -0.0964. The van der Waals surface area contributed by atoms with Crippen molar-refractivity contribution in [3.63, 3.8) is 0 Å². The second kappa shape index (κ2) is 10.0. The van der Waals surface area contributed by atoms with Crippen LogP contribution >= 0.6 is 23.2 Å². The van der Waals surface area contributed by atoms with E-state index in [1.54, 1.807) is 17.0 Å². The number of piperazine rings is 1. The van der Waals surface area contributed by atoms with Crippen LogP contribution in [0, 0.1) is 0 Å². The molecule has 1 N–H and O–H groups in total. The maximum atomic E-state index is 12.8. The smallest absolute Gasteiger partial charge is 0.420 e. The van der Waals surface area contributed by atoms with Crippen LogP contribution in [0.2, 0.25) is 5.02 Å². The quantitative estimate of drug-likeness (QED) is 0.454. The number of anilines is 5. The van der Waals surface area contributed by atoms with Gasteiger partial charge in [0.05, 0.1) is 0 Å². The monoisotopic (exact) mass is 509 g/mol. The number of benzene rings is 2. The van der Waals surface area contributed by atoms with Gasteiger partial charge in [-0.25, -0.2) is 0 Å². The summed E-state index contributed by atoms with van der Waals surface area (Å²) >= 11 is 10.9. The van der Waals surface area contributed by atoms with Gasteiger partial charge >= 0.3 is 5.57 Å². The highest BCUT2D eigenvalue weighted by Crippen LogP contribution is 2.27. The van der Waals surface area contributed by atoms with Crippen LogP contribution in [-0.2, 0) is 0 Å². The molecule has 0 atom stereocenters. The molecule has 1 aromatic heterocycles. The molecule has 1 aliphatic heterocycles. The summed E-state index contributed by atoms with van der Waals surface area (Å²) in [5.74, 6) is 1.32. The van der Waals surface area contributed by atoms with E-state index in [0.29, 0.717) is 28.6 Å². The van der Waals surface area contributed by atoms with Crippen molar-refractivity contribution < 1.29 is 13.5 Å². The molecule has 12 heteroatoms. The molecule has 1 aliphatic rings. The lowest BCUT2D eigenvalue weighted by atomic mass is 10.2. The first-order chi connectivity index (χ1) is 16.2. The van der Waals surface area contributed by atoms with Gasteiger partial charge in [-0.3, -0.25) is 0 Å². The lowest BCUT2D eigenvalue weighted by Crippen LogP contribution is -2.47. The van der Waals surface area contributed by atoms with Crippen molar-refractivity contribution in [2.45, 2.75) is 5.57 Å². The molecule has 34 heavy (non-hydrogen) atoms. The SMILES string of the molecule is CN(C)c1nc(Nc2ccc(OC(F)(F)Cl)cc2)nc(N2CCN(c3cccc(Cl)c3)CC2)n1. The first-order valence-electron chi connectivity index (χ1n) is 10.5. The van der Waals surface area contributed by atoms with Gasteiger partial charge in [0.1, 0.15) is 5.75 Å². The van der Waals surface area contributed by atoms with E-state index >= 15 is 0 Å². The molecular formula is C22H23Cl2F2N7O. The van der Waals surface area contributed by atoms with Crippen molar-refractivity contribution in [1.82, 2.24) is 15.0 Å². The van der Waals surface area contributed by atoms with Crippen LogP contribution in [-0.4, -0.2) is 60.8 Å². The van der Waals surface area contributed by atoms with Gasteiger partial charge in [-0.1, -0.05) is 17.7 Å². The largest absolute Gasteiger partial charge is 0.487 e. The molecule has 0 radical (unpaired) electrons. The molecule has 0 unspecified atom stereocenters. The number of aromatic nitrogens is 3. The fraction of sp³-hybridized carbons (Fsp3) is 0.318. The van der Waals surface area contributed by atoms with E-state index in [0.717, 1.165) is 31.9 Å². The second-order valence-electron chi connectivity index (χ2n) is 7.80. The van der Waals surface area contributed by atoms with Crippen molar-refractivity contribution >= 4 is 52.4 Å². The van der Waals surface area contributed by atoms with Gasteiger partial charge in [-0.2, -0.15) is 15.0 Å². The summed E-state index contributed by atoms with van der Waals surface area (Å²) in [7, 11) is 3.69. The van der Waals surface area contributed by atoms with Crippen molar-refractivity contribution in [3.8, 4) is 5.75 Å². The molecule has 3 aromatic rings. The van der Waals surface area contributed by atoms with Crippen LogP contribution < -0.4 is 24.8 Å². The minimum Gasteiger partial charge on any atom is -0.420 e. The molecule has 180 valence electrons. The second-order valence-corrected chi connectivity index (χ2v) is 8.68. The number of halogens is 4. The predicted octanol–water partition coefficient (Wildman–Crippen LogP) is 4.83. The Bertz CT molecular complexity index is 1120. The Labute approximate surface area is 206 Å². The first-order valence-corrected chi connectivity index (χ1v) is 11.2. The van der Waals surface area contributed by atoms with Gasteiger partial charge < -0.3 is 24.8 Å². The van der Waals surface area contributed by atoms with Crippen LogP contribution in [0.25, 0.3) is 0 Å². The van der Waals surface area contributed by atoms with Crippen molar-refractivity contribution in [2.24, 2.45) is 0 Å². The summed E-state index contributed by atoms with van der Waals surface area (Å²) in [4.78, 5) is 19.8. The third kappa shape index (κ3) is 6.27. The fourth-order valence-corrected chi connectivity index (χ4v) is 3.73. The standard InChI is InChI=1S/C22H23Cl2F2N7O/c1-31(2)20-28-19(27-16-6-8-18(9-7-16)34-22(24,25)26)29-21(30-20)33-12-10-32(11-13-33)17-5-3-4-15(23)14-17/h3-9,14H,10-13H2,1-2H3,(H,27,28,29,30). The number of alkyl halides is 3. The minimum atomic E-state index is -3.77. The normalized spacial score (nSPS) is 14.2. The summed E-state index contributed by atoms with van der Waals surface area (Å²) in [5, 5.41) is 3.80. The van der Waals surface area contributed by atoms with E-state index in [1.807, 2.05) is 38.4 Å². The molecule has 4 rings (SSSR count). The maximum Gasteiger partial charge on any atom is 0.487 e. The Hall–Kier alpha value is -3.11. The zero-order chi connectivity index (χ0) is 24.3. The van der Waals surface area contributed by atoms with E-state index in [-0.39, 0.29) is 5.75 Å². The molecule has 1 fully saturated rings.